The Morgan fingerprint density at radius 3 is 2.30 bits per heavy atom. The van der Waals surface area contributed by atoms with Crippen LogP contribution in [0.25, 0.3) is 0 Å². The first-order valence-corrected chi connectivity index (χ1v) is 7.33. The summed E-state index contributed by atoms with van der Waals surface area (Å²) in [5.74, 6) is 9.85. The lowest BCUT2D eigenvalue weighted by molar-refractivity contribution is 0.0868. The van der Waals surface area contributed by atoms with Gasteiger partial charge in [-0.2, -0.15) is 0 Å². The van der Waals surface area contributed by atoms with E-state index in [1.807, 2.05) is 13.0 Å². The zero-order valence-corrected chi connectivity index (χ0v) is 12.5. The van der Waals surface area contributed by atoms with E-state index in [4.69, 9.17) is 0 Å². The predicted molar refractivity (Wildman–Crippen MR) is 81.8 cm³/mol. The normalized spacial score (nSPS) is 14.8. The second-order valence-corrected chi connectivity index (χ2v) is 4.68. The second kappa shape index (κ2) is 12.8. The lowest BCUT2D eigenvalue weighted by Gasteiger charge is -2.06. The number of rotatable bonds is 8. The Morgan fingerprint density at radius 1 is 0.950 bits per heavy atom. The molecule has 0 unspecified atom stereocenters. The Bertz CT molecular complexity index is 379. The Hall–Kier alpha value is -1.26. The van der Waals surface area contributed by atoms with Crippen LogP contribution in [0.4, 0.5) is 0 Å². The molecule has 0 saturated carbocycles. The Kier molecular flexibility index (Phi) is 12.0. The van der Waals surface area contributed by atoms with Gasteiger partial charge in [-0.3, -0.25) is 0 Å². The highest BCUT2D eigenvalue weighted by Crippen LogP contribution is 2.04. The maximum absolute atomic E-state index is 9.64. The molecule has 0 rings (SSSR count). The summed E-state index contributed by atoms with van der Waals surface area (Å²) >= 11 is 0. The molecule has 0 aromatic heterocycles. The lowest BCUT2D eigenvalue weighted by Crippen LogP contribution is -2.21. The van der Waals surface area contributed by atoms with Crippen molar-refractivity contribution in [2.24, 2.45) is 0 Å². The van der Waals surface area contributed by atoms with Crippen LogP contribution in [0.15, 0.2) is 12.2 Å². The number of aliphatic hydroxyl groups is 3. The molecule has 0 aliphatic heterocycles. The van der Waals surface area contributed by atoms with Gasteiger partial charge in [0.05, 0.1) is 0 Å². The summed E-state index contributed by atoms with van der Waals surface area (Å²) in [4.78, 5) is 0. The summed E-state index contributed by atoms with van der Waals surface area (Å²) in [6.45, 7) is 3.98. The molecule has 3 N–H and O–H groups in total. The quantitative estimate of drug-likeness (QED) is 0.361. The Labute approximate surface area is 122 Å². The number of unbranched alkanes of at least 4 members (excludes halogenated alkanes) is 4. The molecule has 0 bridgehead atoms. The molecule has 0 radical (unpaired) electrons. The van der Waals surface area contributed by atoms with Crippen LogP contribution in [-0.4, -0.2) is 33.6 Å². The molecular formula is C17H26O3. The fraction of sp³-hybridized carbons (Fsp3) is 0.647. The summed E-state index contributed by atoms with van der Waals surface area (Å²) in [6, 6.07) is 0. The predicted octanol–water partition coefficient (Wildman–Crippen LogP) is 2.01. The van der Waals surface area contributed by atoms with Crippen molar-refractivity contribution >= 4 is 0 Å². The van der Waals surface area contributed by atoms with Gasteiger partial charge in [0.2, 0.25) is 0 Å². The minimum Gasteiger partial charge on any atom is -0.385 e. The highest BCUT2D eigenvalue weighted by Gasteiger charge is 2.08. The minimum absolute atomic E-state index is 0.542. The molecule has 0 saturated heterocycles. The van der Waals surface area contributed by atoms with Gasteiger partial charge in [0.15, 0.2) is 0 Å². The van der Waals surface area contributed by atoms with Gasteiger partial charge < -0.3 is 15.3 Å². The van der Waals surface area contributed by atoms with Gasteiger partial charge in [0, 0.05) is 0 Å². The zero-order valence-electron chi connectivity index (χ0n) is 12.5. The molecule has 0 aromatic carbocycles. The molecule has 112 valence electrons. The van der Waals surface area contributed by atoms with Crippen molar-refractivity contribution in [3.63, 3.8) is 0 Å². The maximum atomic E-state index is 9.64. The number of hydrogen-bond donors (Lipinski definition) is 3. The van der Waals surface area contributed by atoms with E-state index in [0.717, 1.165) is 12.8 Å². The Balaban J connectivity index is 4.02. The van der Waals surface area contributed by atoms with Gasteiger partial charge in [0.1, 0.15) is 18.3 Å². The van der Waals surface area contributed by atoms with Crippen molar-refractivity contribution in [3.05, 3.63) is 12.2 Å². The summed E-state index contributed by atoms with van der Waals surface area (Å²) < 4.78 is 0. The van der Waals surface area contributed by atoms with Crippen molar-refractivity contribution in [1.82, 2.24) is 0 Å². The molecule has 3 nitrogen and oxygen atoms in total. The third-order valence-electron chi connectivity index (χ3n) is 2.79. The SMILES string of the molecule is CCCCCC/C=C/[C@@H](O)[C@H](O)C#CC#C[C@@H](O)CC. The maximum Gasteiger partial charge on any atom is 0.145 e. The monoisotopic (exact) mass is 278 g/mol. The first-order valence-electron chi connectivity index (χ1n) is 7.33. The first-order chi connectivity index (χ1) is 9.61. The summed E-state index contributed by atoms with van der Waals surface area (Å²) in [5.41, 5.74) is 0. The Morgan fingerprint density at radius 2 is 1.65 bits per heavy atom. The minimum atomic E-state index is -1.14. The highest BCUT2D eigenvalue weighted by atomic mass is 16.3. The third-order valence-corrected chi connectivity index (χ3v) is 2.79. The third kappa shape index (κ3) is 10.6. The van der Waals surface area contributed by atoms with Gasteiger partial charge in [-0.25, -0.2) is 0 Å². The lowest BCUT2D eigenvalue weighted by atomic mass is 10.1. The molecule has 0 aliphatic rings. The standard InChI is InChI=1S/C17H26O3/c1-3-5-6-7-8-9-13-16(19)17(20)14-11-10-12-15(18)4-2/h9,13,15-20H,3-8H2,1-2H3/b13-9+/t15-,16+,17+/m0/s1. The van der Waals surface area contributed by atoms with Gasteiger partial charge in [-0.1, -0.05) is 57.1 Å². The van der Waals surface area contributed by atoms with Crippen molar-refractivity contribution < 1.29 is 15.3 Å². The van der Waals surface area contributed by atoms with E-state index >= 15 is 0 Å². The van der Waals surface area contributed by atoms with Crippen LogP contribution in [0, 0.1) is 23.7 Å². The van der Waals surface area contributed by atoms with Gasteiger partial charge >= 0.3 is 0 Å². The van der Waals surface area contributed by atoms with Gasteiger partial charge in [-0.05, 0) is 31.1 Å². The van der Waals surface area contributed by atoms with Crippen LogP contribution in [-0.2, 0) is 0 Å². The summed E-state index contributed by atoms with van der Waals surface area (Å²) in [5, 5.41) is 28.4. The molecular weight excluding hydrogens is 252 g/mol. The smallest absolute Gasteiger partial charge is 0.145 e. The first kappa shape index (κ1) is 18.7. The topological polar surface area (TPSA) is 60.7 Å². The van der Waals surface area contributed by atoms with Crippen molar-refractivity contribution in [1.29, 1.82) is 0 Å². The van der Waals surface area contributed by atoms with Crippen molar-refractivity contribution in [2.45, 2.75) is 70.7 Å². The molecule has 0 spiro atoms. The fourth-order valence-corrected chi connectivity index (χ4v) is 1.45. The average Bonchev–Trinajstić information content (AvgIpc) is 2.46. The van der Waals surface area contributed by atoms with Gasteiger partial charge in [-0.15, -0.1) is 0 Å². The van der Waals surface area contributed by atoms with Crippen LogP contribution in [0.2, 0.25) is 0 Å². The van der Waals surface area contributed by atoms with Crippen molar-refractivity contribution in [3.8, 4) is 23.7 Å². The van der Waals surface area contributed by atoms with E-state index < -0.39 is 18.3 Å². The van der Waals surface area contributed by atoms with Crippen molar-refractivity contribution in [2.75, 3.05) is 0 Å². The molecule has 3 heteroatoms. The molecule has 0 aliphatic carbocycles. The van der Waals surface area contributed by atoms with Crippen LogP contribution in [0.1, 0.15) is 52.4 Å². The van der Waals surface area contributed by atoms with Crippen LogP contribution >= 0.6 is 0 Å². The van der Waals surface area contributed by atoms with Crippen LogP contribution < -0.4 is 0 Å². The van der Waals surface area contributed by atoms with E-state index in [2.05, 4.69) is 30.6 Å². The summed E-state index contributed by atoms with van der Waals surface area (Å²) in [6.07, 6.45) is 6.78. The number of aliphatic hydroxyl groups excluding tert-OH is 3. The van der Waals surface area contributed by atoms with E-state index in [9.17, 15) is 15.3 Å². The van der Waals surface area contributed by atoms with Gasteiger partial charge in [0.25, 0.3) is 0 Å². The van der Waals surface area contributed by atoms with Crippen LogP contribution in [0.5, 0.6) is 0 Å². The molecule has 0 amide bonds. The van der Waals surface area contributed by atoms with E-state index in [-0.39, 0.29) is 0 Å². The van der Waals surface area contributed by atoms with E-state index in [1.165, 1.54) is 19.3 Å². The fourth-order valence-electron chi connectivity index (χ4n) is 1.45. The molecule has 3 atom stereocenters. The van der Waals surface area contributed by atoms with E-state index in [1.54, 1.807) is 6.08 Å². The second-order valence-electron chi connectivity index (χ2n) is 4.68. The number of allylic oxidation sites excluding steroid dienone is 1. The molecule has 0 aromatic rings. The zero-order chi connectivity index (χ0) is 15.2. The molecule has 0 fully saturated rings. The van der Waals surface area contributed by atoms with E-state index in [0.29, 0.717) is 6.42 Å². The molecule has 0 heterocycles. The summed E-state index contributed by atoms with van der Waals surface area (Å²) in [7, 11) is 0. The highest BCUT2D eigenvalue weighted by molar-refractivity contribution is 5.29. The van der Waals surface area contributed by atoms with Crippen LogP contribution in [0.3, 0.4) is 0 Å². The number of hydrogen-bond acceptors (Lipinski definition) is 3. The average molecular weight is 278 g/mol. The molecule has 20 heavy (non-hydrogen) atoms. The largest absolute Gasteiger partial charge is 0.385 e.